The van der Waals surface area contributed by atoms with Crippen molar-refractivity contribution in [2.45, 2.75) is 70.6 Å². The first-order valence-electron chi connectivity index (χ1n) is 16.9. The van der Waals surface area contributed by atoms with Crippen LogP contribution in [0.4, 0.5) is 4.79 Å². The Bertz CT molecular complexity index is 1660. The van der Waals surface area contributed by atoms with E-state index in [1.54, 1.807) is 39.8 Å². The fourth-order valence-electron chi connectivity index (χ4n) is 6.59. The minimum atomic E-state index is -0.910. The molecule has 258 valence electrons. The van der Waals surface area contributed by atoms with Crippen LogP contribution in [0, 0.1) is 6.92 Å². The fourth-order valence-corrected chi connectivity index (χ4v) is 6.59. The van der Waals surface area contributed by atoms with Gasteiger partial charge in [0.1, 0.15) is 30.8 Å². The van der Waals surface area contributed by atoms with Gasteiger partial charge in [-0.2, -0.15) is 0 Å². The maximum absolute atomic E-state index is 14.4. The van der Waals surface area contributed by atoms with E-state index in [0.717, 1.165) is 33.4 Å². The molecule has 49 heavy (non-hydrogen) atoms. The molecule has 2 atom stereocenters. The highest BCUT2D eigenvalue weighted by Crippen LogP contribution is 2.44. The minimum absolute atomic E-state index is 0.119. The highest BCUT2D eigenvalue weighted by atomic mass is 16.6. The van der Waals surface area contributed by atoms with Crippen molar-refractivity contribution in [1.82, 2.24) is 14.7 Å². The van der Waals surface area contributed by atoms with Gasteiger partial charge in [-0.3, -0.25) is 19.3 Å². The van der Waals surface area contributed by atoms with E-state index in [-0.39, 0.29) is 50.3 Å². The van der Waals surface area contributed by atoms with Crippen molar-refractivity contribution < 1.29 is 28.7 Å². The number of rotatable bonds is 9. The number of carbonyl (C=O) groups is 4. The summed E-state index contributed by atoms with van der Waals surface area (Å²) in [4.78, 5) is 59.1. The number of aryl methyl sites for hydroxylation is 1. The molecule has 3 aromatic carbocycles. The fraction of sp³-hybridized carbons (Fsp3) is 0.400. The number of esters is 1. The first kappa shape index (κ1) is 35.4. The van der Waals surface area contributed by atoms with Crippen LogP contribution >= 0.6 is 0 Å². The number of hydrogen-bond acceptors (Lipinski definition) is 6. The molecule has 1 aliphatic heterocycles. The Balaban J connectivity index is 1.36. The van der Waals surface area contributed by atoms with Crippen LogP contribution in [-0.4, -0.2) is 90.1 Å². The zero-order chi connectivity index (χ0) is 35.3. The molecule has 9 nitrogen and oxygen atoms in total. The Morgan fingerprint density at radius 2 is 1.51 bits per heavy atom. The van der Waals surface area contributed by atoms with Crippen molar-refractivity contribution >= 4 is 23.9 Å². The Hall–Kier alpha value is -4.92. The molecule has 3 aromatic rings. The van der Waals surface area contributed by atoms with Crippen LogP contribution in [-0.2, 0) is 30.3 Å². The van der Waals surface area contributed by atoms with Gasteiger partial charge < -0.3 is 19.3 Å². The number of benzene rings is 3. The average molecular weight is 666 g/mol. The summed E-state index contributed by atoms with van der Waals surface area (Å²) in [6.07, 6.45) is 4.32. The topological polar surface area (TPSA) is 96.5 Å². The molecule has 0 unspecified atom stereocenters. The highest BCUT2D eigenvalue weighted by Gasteiger charge is 2.39. The van der Waals surface area contributed by atoms with Crippen LogP contribution in [0.5, 0.6) is 0 Å². The van der Waals surface area contributed by atoms with Gasteiger partial charge in [-0.25, -0.2) is 4.79 Å². The molecule has 0 saturated carbocycles. The smallest absolute Gasteiger partial charge is 0.410 e. The van der Waals surface area contributed by atoms with Crippen molar-refractivity contribution in [3.05, 3.63) is 107 Å². The lowest BCUT2D eigenvalue weighted by molar-refractivity contribution is -0.159. The summed E-state index contributed by atoms with van der Waals surface area (Å²) in [6.45, 7) is 7.44. The van der Waals surface area contributed by atoms with Crippen LogP contribution in [0.1, 0.15) is 61.8 Å². The maximum atomic E-state index is 14.4. The summed E-state index contributed by atoms with van der Waals surface area (Å²) >= 11 is 0. The van der Waals surface area contributed by atoms with Crippen molar-refractivity contribution in [3.8, 4) is 11.1 Å². The predicted molar refractivity (Wildman–Crippen MR) is 189 cm³/mol. The lowest BCUT2D eigenvalue weighted by Gasteiger charge is -2.38. The number of nitrogens with zero attached hydrogens (tertiary/aromatic N) is 3. The van der Waals surface area contributed by atoms with Gasteiger partial charge in [0.25, 0.3) is 0 Å². The summed E-state index contributed by atoms with van der Waals surface area (Å²) in [5.41, 5.74) is 5.71. The van der Waals surface area contributed by atoms with E-state index in [1.807, 2.05) is 67.6 Å². The molecule has 1 aliphatic carbocycles. The normalized spacial score (nSPS) is 17.2. The lowest BCUT2D eigenvalue weighted by Crippen LogP contribution is -2.58. The monoisotopic (exact) mass is 665 g/mol. The van der Waals surface area contributed by atoms with E-state index < -0.39 is 29.7 Å². The third-order valence-corrected chi connectivity index (χ3v) is 9.10. The quantitative estimate of drug-likeness (QED) is 0.202. The van der Waals surface area contributed by atoms with E-state index in [1.165, 1.54) is 9.80 Å². The van der Waals surface area contributed by atoms with Crippen LogP contribution in [0.3, 0.4) is 0 Å². The molecule has 0 N–H and O–H groups in total. The van der Waals surface area contributed by atoms with E-state index >= 15 is 0 Å². The van der Waals surface area contributed by atoms with Gasteiger partial charge in [0.2, 0.25) is 11.8 Å². The molecule has 5 rings (SSSR count). The molecular weight excluding hydrogens is 618 g/mol. The number of fused-ring (bicyclic) bond motifs is 3. The SMILES string of the molecule is Cc1ccc(C[C@@H](C(=O)N(C)CC(=O)OC(C)(C)C)N2CC/C=C\C[C@H](N(C)C(=O)OCC3c4ccccc4-c4ccccc43)C2=O)cc1. The van der Waals surface area contributed by atoms with E-state index in [0.29, 0.717) is 6.42 Å². The van der Waals surface area contributed by atoms with Crippen LogP contribution in [0.2, 0.25) is 0 Å². The van der Waals surface area contributed by atoms with Crippen LogP contribution < -0.4 is 0 Å². The Morgan fingerprint density at radius 1 is 0.898 bits per heavy atom. The Morgan fingerprint density at radius 3 is 2.12 bits per heavy atom. The van der Waals surface area contributed by atoms with Gasteiger partial charge in [0.15, 0.2) is 0 Å². The minimum Gasteiger partial charge on any atom is -0.459 e. The van der Waals surface area contributed by atoms with Gasteiger partial charge in [0, 0.05) is 33.0 Å². The molecule has 0 saturated heterocycles. The van der Waals surface area contributed by atoms with Crippen molar-refractivity contribution in [1.29, 1.82) is 0 Å². The molecule has 9 heteroatoms. The molecule has 1 heterocycles. The zero-order valence-electron chi connectivity index (χ0n) is 29.3. The summed E-state index contributed by atoms with van der Waals surface area (Å²) in [5, 5.41) is 0. The van der Waals surface area contributed by atoms with Crippen molar-refractivity contribution in [2.75, 3.05) is 33.8 Å². The molecule has 0 spiro atoms. The van der Waals surface area contributed by atoms with E-state index in [4.69, 9.17) is 9.47 Å². The molecule has 0 bridgehead atoms. The predicted octanol–water partition coefficient (Wildman–Crippen LogP) is 6.13. The summed E-state index contributed by atoms with van der Waals surface area (Å²) in [5.74, 6) is -1.39. The molecule has 0 fully saturated rings. The largest absolute Gasteiger partial charge is 0.459 e. The number of amides is 3. The first-order chi connectivity index (χ1) is 23.3. The third kappa shape index (κ3) is 8.39. The Labute approximate surface area is 289 Å². The number of ether oxygens (including phenoxy) is 2. The second kappa shape index (κ2) is 15.1. The highest BCUT2D eigenvalue weighted by molar-refractivity contribution is 5.93. The molecule has 2 aliphatic rings. The Kier molecular flexibility index (Phi) is 10.9. The third-order valence-electron chi connectivity index (χ3n) is 9.10. The summed E-state index contributed by atoms with van der Waals surface area (Å²) in [7, 11) is 3.11. The first-order valence-corrected chi connectivity index (χ1v) is 16.9. The number of hydrogen-bond donors (Lipinski definition) is 0. The lowest BCUT2D eigenvalue weighted by atomic mass is 9.98. The molecule has 0 radical (unpaired) electrons. The van der Waals surface area contributed by atoms with Gasteiger partial charge in [-0.1, -0.05) is 90.5 Å². The molecular formula is C40H47N3O6. The standard InChI is InChI=1S/C40H47N3O6/c1-27-19-21-28(22-20-27)24-35(37(45)41(5)25-36(44)49-40(2,3)4)43-23-13-7-8-18-34(38(43)46)42(6)39(47)48-26-33-31-16-11-9-14-29(31)30-15-10-12-17-32(30)33/h7-12,14-17,19-22,33-35H,13,18,23-26H2,1-6H3/b8-7-/t34-,35-/m0/s1. The number of carbonyl (C=O) groups excluding carboxylic acids is 4. The summed E-state index contributed by atoms with van der Waals surface area (Å²) < 4.78 is 11.4. The number of likely N-dealkylation sites (N-methyl/N-ethyl adjacent to an activating group) is 2. The van der Waals surface area contributed by atoms with Gasteiger partial charge in [0.05, 0.1) is 0 Å². The maximum Gasteiger partial charge on any atom is 0.410 e. The van der Waals surface area contributed by atoms with Gasteiger partial charge in [-0.15, -0.1) is 0 Å². The van der Waals surface area contributed by atoms with Crippen molar-refractivity contribution in [3.63, 3.8) is 0 Å². The molecule has 3 amide bonds. The van der Waals surface area contributed by atoms with Crippen LogP contribution in [0.15, 0.2) is 84.9 Å². The van der Waals surface area contributed by atoms with E-state index in [9.17, 15) is 19.2 Å². The van der Waals surface area contributed by atoms with E-state index in [2.05, 4.69) is 24.3 Å². The second-order valence-electron chi connectivity index (χ2n) is 13.9. The van der Waals surface area contributed by atoms with Gasteiger partial charge in [-0.05, 0) is 68.4 Å². The zero-order valence-corrected chi connectivity index (χ0v) is 29.3. The summed E-state index contributed by atoms with van der Waals surface area (Å²) in [6, 6.07) is 22.3. The van der Waals surface area contributed by atoms with Crippen molar-refractivity contribution in [2.24, 2.45) is 0 Å². The second-order valence-corrected chi connectivity index (χ2v) is 13.9. The molecule has 0 aromatic heterocycles. The average Bonchev–Trinajstić information content (AvgIpc) is 3.37. The van der Waals surface area contributed by atoms with Crippen LogP contribution in [0.25, 0.3) is 11.1 Å². The van der Waals surface area contributed by atoms with Gasteiger partial charge >= 0.3 is 12.1 Å².